The highest BCUT2D eigenvalue weighted by atomic mass is 16.3. The maximum Gasteiger partial charge on any atom is 0.233 e. The minimum absolute atomic E-state index is 0.0421. The molecule has 0 aliphatic carbocycles. The summed E-state index contributed by atoms with van der Waals surface area (Å²) >= 11 is 0. The monoisotopic (exact) mass is 307 g/mol. The number of amides is 1. The van der Waals surface area contributed by atoms with Gasteiger partial charge in [-0.1, -0.05) is 30.3 Å². The molecule has 1 amide bonds. The first kappa shape index (κ1) is 13.4. The van der Waals surface area contributed by atoms with E-state index in [9.17, 15) is 4.79 Å². The molecule has 23 heavy (non-hydrogen) atoms. The molecule has 4 rings (SSSR count). The molecule has 0 atom stereocenters. The molecule has 0 unspecified atom stereocenters. The van der Waals surface area contributed by atoms with Crippen molar-refractivity contribution in [1.29, 1.82) is 0 Å². The zero-order valence-corrected chi connectivity index (χ0v) is 12.1. The minimum atomic E-state index is -0.0421. The highest BCUT2D eigenvalue weighted by Gasteiger charge is 2.32. The number of nitrogens with two attached hydrogens (primary N) is 1. The van der Waals surface area contributed by atoms with Crippen molar-refractivity contribution in [2.24, 2.45) is 0 Å². The molecule has 0 spiro atoms. The molecule has 2 N–H and O–H groups in total. The number of carbonyl (C=O) groups is 1. The van der Waals surface area contributed by atoms with Gasteiger partial charge in [0.1, 0.15) is 11.6 Å². The molecule has 1 aromatic carbocycles. The van der Waals surface area contributed by atoms with Gasteiger partial charge in [-0.2, -0.15) is 0 Å². The second-order valence-corrected chi connectivity index (χ2v) is 5.24. The first-order valence-electron chi connectivity index (χ1n) is 7.12. The molecular weight excluding hydrogens is 294 g/mol. The molecule has 1 aliphatic heterocycles. The van der Waals surface area contributed by atoms with E-state index in [-0.39, 0.29) is 12.3 Å². The predicted octanol–water partition coefficient (Wildman–Crippen LogP) is 1.80. The molecule has 1 aliphatic rings. The number of oxazole rings is 1. The Morgan fingerprint density at radius 2 is 2.04 bits per heavy atom. The molecule has 0 bridgehead atoms. The molecule has 3 aromatic rings. The Bertz CT molecular complexity index is 862. The van der Waals surface area contributed by atoms with Crippen LogP contribution in [-0.4, -0.2) is 20.9 Å². The topological polar surface area (TPSA) is 98.1 Å². The summed E-state index contributed by atoms with van der Waals surface area (Å²) in [5.74, 6) is 1.53. The number of nitrogen functional groups attached to an aromatic ring is 1. The van der Waals surface area contributed by atoms with Crippen LogP contribution in [0.1, 0.15) is 11.1 Å². The highest BCUT2D eigenvalue weighted by Crippen LogP contribution is 2.33. The zero-order valence-electron chi connectivity index (χ0n) is 12.1. The minimum Gasteiger partial charge on any atom is -0.440 e. The molecule has 0 radical (unpaired) electrons. The van der Waals surface area contributed by atoms with Crippen LogP contribution in [0.25, 0.3) is 11.6 Å². The van der Waals surface area contributed by atoms with E-state index >= 15 is 0 Å². The van der Waals surface area contributed by atoms with Gasteiger partial charge in [-0.25, -0.2) is 15.0 Å². The summed E-state index contributed by atoms with van der Waals surface area (Å²) in [7, 11) is 0. The van der Waals surface area contributed by atoms with Crippen molar-refractivity contribution in [2.45, 2.75) is 13.0 Å². The van der Waals surface area contributed by atoms with E-state index in [1.807, 2.05) is 30.3 Å². The van der Waals surface area contributed by atoms with E-state index in [0.717, 1.165) is 5.56 Å². The van der Waals surface area contributed by atoms with E-state index in [1.165, 1.54) is 12.6 Å². The summed E-state index contributed by atoms with van der Waals surface area (Å²) in [4.78, 5) is 26.5. The Kier molecular flexibility index (Phi) is 3.04. The second kappa shape index (κ2) is 5.20. The molecule has 7 nitrogen and oxygen atoms in total. The van der Waals surface area contributed by atoms with E-state index in [1.54, 1.807) is 4.90 Å². The Morgan fingerprint density at radius 1 is 1.22 bits per heavy atom. The van der Waals surface area contributed by atoms with Gasteiger partial charge in [0.2, 0.25) is 11.7 Å². The first-order chi connectivity index (χ1) is 11.2. The first-order valence-corrected chi connectivity index (χ1v) is 7.12. The van der Waals surface area contributed by atoms with Crippen molar-refractivity contribution >= 4 is 17.5 Å². The lowest BCUT2D eigenvalue weighted by Gasteiger charge is -2.17. The summed E-state index contributed by atoms with van der Waals surface area (Å²) in [6.07, 6.45) is 3.03. The Hall–Kier alpha value is -3.22. The Morgan fingerprint density at radius 3 is 2.78 bits per heavy atom. The molecule has 114 valence electrons. The van der Waals surface area contributed by atoms with Crippen molar-refractivity contribution in [3.63, 3.8) is 0 Å². The van der Waals surface area contributed by atoms with Crippen LogP contribution in [0, 0.1) is 0 Å². The zero-order chi connectivity index (χ0) is 15.8. The summed E-state index contributed by atoms with van der Waals surface area (Å²) < 4.78 is 5.22. The SMILES string of the molecule is Nc1nc(-c2cnco2)nc2c1CC(=O)N2Cc1ccccc1. The molecule has 0 saturated carbocycles. The van der Waals surface area contributed by atoms with Crippen LogP contribution in [0.5, 0.6) is 0 Å². The van der Waals surface area contributed by atoms with Crippen molar-refractivity contribution in [3.05, 3.63) is 54.0 Å². The predicted molar refractivity (Wildman–Crippen MR) is 83.3 cm³/mol. The van der Waals surface area contributed by atoms with Crippen molar-refractivity contribution < 1.29 is 9.21 Å². The van der Waals surface area contributed by atoms with Gasteiger partial charge in [0.25, 0.3) is 0 Å². The van der Waals surface area contributed by atoms with Crippen LogP contribution in [0.2, 0.25) is 0 Å². The number of fused-ring (bicyclic) bond motifs is 1. The van der Waals surface area contributed by atoms with E-state index in [2.05, 4.69) is 15.0 Å². The average Bonchev–Trinajstić information content (AvgIpc) is 3.19. The van der Waals surface area contributed by atoms with Crippen molar-refractivity contribution in [1.82, 2.24) is 15.0 Å². The number of aromatic nitrogens is 3. The van der Waals surface area contributed by atoms with Gasteiger partial charge in [0.15, 0.2) is 12.2 Å². The van der Waals surface area contributed by atoms with Crippen LogP contribution < -0.4 is 10.6 Å². The molecule has 0 saturated heterocycles. The number of hydrogen-bond donors (Lipinski definition) is 1. The summed E-state index contributed by atoms with van der Waals surface area (Å²) in [6, 6.07) is 9.74. The van der Waals surface area contributed by atoms with E-state index in [0.29, 0.717) is 35.3 Å². The molecular formula is C16H13N5O2. The Labute approximate surface area is 131 Å². The molecule has 3 heterocycles. The van der Waals surface area contributed by atoms with E-state index in [4.69, 9.17) is 10.2 Å². The standard InChI is InChI=1S/C16H13N5O2/c17-14-11-6-13(22)21(8-10-4-2-1-3-5-10)16(11)20-15(19-14)12-7-18-9-23-12/h1-5,7,9H,6,8H2,(H2,17,19,20). The summed E-state index contributed by atoms with van der Waals surface area (Å²) in [5, 5.41) is 0. The summed E-state index contributed by atoms with van der Waals surface area (Å²) in [5.41, 5.74) is 7.69. The molecule has 0 fully saturated rings. The fraction of sp³-hybridized carbons (Fsp3) is 0.125. The van der Waals surface area contributed by atoms with Gasteiger partial charge in [-0.15, -0.1) is 0 Å². The second-order valence-electron chi connectivity index (χ2n) is 5.24. The smallest absolute Gasteiger partial charge is 0.233 e. The largest absolute Gasteiger partial charge is 0.440 e. The average molecular weight is 307 g/mol. The molecule has 2 aromatic heterocycles. The van der Waals surface area contributed by atoms with Crippen LogP contribution in [-0.2, 0) is 17.8 Å². The van der Waals surface area contributed by atoms with Crippen LogP contribution in [0.15, 0.2) is 47.3 Å². The lowest BCUT2D eigenvalue weighted by Crippen LogP contribution is -2.26. The third-order valence-electron chi connectivity index (χ3n) is 3.74. The fourth-order valence-electron chi connectivity index (χ4n) is 2.61. The van der Waals surface area contributed by atoms with Crippen LogP contribution in [0.3, 0.4) is 0 Å². The maximum absolute atomic E-state index is 12.4. The lowest BCUT2D eigenvalue weighted by molar-refractivity contribution is -0.117. The van der Waals surface area contributed by atoms with Gasteiger partial charge < -0.3 is 10.2 Å². The fourth-order valence-corrected chi connectivity index (χ4v) is 2.61. The van der Waals surface area contributed by atoms with Crippen molar-refractivity contribution in [3.8, 4) is 11.6 Å². The maximum atomic E-state index is 12.4. The van der Waals surface area contributed by atoms with Gasteiger partial charge in [-0.05, 0) is 5.56 Å². The number of nitrogens with zero attached hydrogens (tertiary/aromatic N) is 4. The number of benzene rings is 1. The third-order valence-corrected chi connectivity index (χ3v) is 3.74. The van der Waals surface area contributed by atoms with Crippen molar-refractivity contribution in [2.75, 3.05) is 10.6 Å². The molecule has 7 heteroatoms. The normalized spacial score (nSPS) is 13.4. The Balaban J connectivity index is 1.76. The third kappa shape index (κ3) is 2.32. The lowest BCUT2D eigenvalue weighted by atomic mass is 10.2. The van der Waals surface area contributed by atoms with Gasteiger partial charge in [0.05, 0.1) is 19.2 Å². The quantitative estimate of drug-likeness (QED) is 0.792. The van der Waals surface area contributed by atoms with Crippen LogP contribution >= 0.6 is 0 Å². The highest BCUT2D eigenvalue weighted by molar-refractivity contribution is 6.01. The van der Waals surface area contributed by atoms with Crippen LogP contribution in [0.4, 0.5) is 11.6 Å². The number of rotatable bonds is 3. The van der Waals surface area contributed by atoms with Gasteiger partial charge >= 0.3 is 0 Å². The van der Waals surface area contributed by atoms with Gasteiger partial charge in [0, 0.05) is 5.56 Å². The van der Waals surface area contributed by atoms with E-state index < -0.39 is 0 Å². The van der Waals surface area contributed by atoms with Gasteiger partial charge in [-0.3, -0.25) is 9.69 Å². The number of carbonyl (C=O) groups excluding carboxylic acids is 1. The number of anilines is 2. The summed E-state index contributed by atoms with van der Waals surface area (Å²) in [6.45, 7) is 0.443. The number of hydrogen-bond acceptors (Lipinski definition) is 6.